The zero-order valence-corrected chi connectivity index (χ0v) is 25.7. The van der Waals surface area contributed by atoms with Crippen LogP contribution in [0.5, 0.6) is 0 Å². The van der Waals surface area contributed by atoms with Crippen LogP contribution in [0, 0.1) is 12.7 Å². The lowest BCUT2D eigenvalue weighted by Crippen LogP contribution is -2.53. The highest BCUT2D eigenvalue weighted by molar-refractivity contribution is 7.92. The van der Waals surface area contributed by atoms with Crippen LogP contribution >= 0.6 is 23.2 Å². The van der Waals surface area contributed by atoms with E-state index in [0.29, 0.717) is 12.0 Å². The van der Waals surface area contributed by atoms with E-state index < -0.39 is 34.3 Å². The van der Waals surface area contributed by atoms with Gasteiger partial charge in [-0.1, -0.05) is 66.9 Å². The molecule has 2 amide bonds. The number of carbonyl (C=O) groups is 2. The van der Waals surface area contributed by atoms with Gasteiger partial charge in [0.25, 0.3) is 10.0 Å². The normalized spacial score (nSPS) is 12.9. The number of nitrogens with zero attached hydrogens (tertiary/aromatic N) is 2. The Morgan fingerprint density at radius 3 is 2.05 bits per heavy atom. The Kier molecular flexibility index (Phi) is 11.2. The molecule has 3 aromatic rings. The topological polar surface area (TPSA) is 86.8 Å². The molecule has 0 spiro atoms. The standard InChI is InChI=1S/C30H34Cl2FN3O4S/c1-5-21(4)34-30(38)28(6-2)35(18-22-9-11-25(33)12-10-22)29(37)19-36(26-16-23(31)15-24(32)17-26)41(39,40)27-13-7-20(3)8-14-27/h7-17,21,28H,5-6,18-19H2,1-4H3,(H,34,38)/t21-,28+/m1/s1. The predicted molar refractivity (Wildman–Crippen MR) is 161 cm³/mol. The first-order valence-electron chi connectivity index (χ1n) is 13.3. The highest BCUT2D eigenvalue weighted by Gasteiger charge is 2.34. The second-order valence-electron chi connectivity index (χ2n) is 9.84. The van der Waals surface area contributed by atoms with Crippen LogP contribution in [0.2, 0.25) is 10.0 Å². The van der Waals surface area contributed by atoms with Gasteiger partial charge >= 0.3 is 0 Å². The highest BCUT2D eigenvalue weighted by atomic mass is 35.5. The molecule has 0 saturated carbocycles. The second-order valence-corrected chi connectivity index (χ2v) is 12.6. The van der Waals surface area contributed by atoms with Gasteiger partial charge in [0.2, 0.25) is 11.8 Å². The lowest BCUT2D eigenvalue weighted by atomic mass is 10.1. The maximum Gasteiger partial charge on any atom is 0.264 e. The fourth-order valence-electron chi connectivity index (χ4n) is 4.20. The van der Waals surface area contributed by atoms with Gasteiger partial charge in [-0.25, -0.2) is 12.8 Å². The van der Waals surface area contributed by atoms with Crippen molar-refractivity contribution in [2.45, 2.75) is 64.1 Å². The van der Waals surface area contributed by atoms with Gasteiger partial charge in [-0.05, 0) is 74.7 Å². The van der Waals surface area contributed by atoms with Crippen LogP contribution in [0.3, 0.4) is 0 Å². The van der Waals surface area contributed by atoms with E-state index in [0.717, 1.165) is 9.87 Å². The molecular weight excluding hydrogens is 588 g/mol. The van der Waals surface area contributed by atoms with Crippen molar-refractivity contribution in [3.05, 3.63) is 93.7 Å². The maximum atomic E-state index is 14.1. The third-order valence-corrected chi connectivity index (χ3v) is 8.90. The largest absolute Gasteiger partial charge is 0.352 e. The molecule has 0 fully saturated rings. The summed E-state index contributed by atoms with van der Waals surface area (Å²) >= 11 is 12.4. The zero-order valence-electron chi connectivity index (χ0n) is 23.4. The molecule has 0 aromatic heterocycles. The summed E-state index contributed by atoms with van der Waals surface area (Å²) in [4.78, 5) is 28.7. The molecule has 0 saturated heterocycles. The molecule has 0 bridgehead atoms. The molecule has 0 aliphatic heterocycles. The van der Waals surface area contributed by atoms with Crippen molar-refractivity contribution in [1.82, 2.24) is 10.2 Å². The minimum Gasteiger partial charge on any atom is -0.352 e. The van der Waals surface area contributed by atoms with Gasteiger partial charge in [0.05, 0.1) is 10.6 Å². The first-order valence-corrected chi connectivity index (χ1v) is 15.4. The summed E-state index contributed by atoms with van der Waals surface area (Å²) in [6, 6.07) is 15.0. The maximum absolute atomic E-state index is 14.1. The Bertz CT molecular complexity index is 1450. The number of hydrogen-bond donors (Lipinski definition) is 1. The Labute approximate surface area is 251 Å². The first-order chi connectivity index (χ1) is 19.3. The summed E-state index contributed by atoms with van der Waals surface area (Å²) in [6.45, 7) is 6.70. The number of hydrogen-bond acceptors (Lipinski definition) is 4. The summed E-state index contributed by atoms with van der Waals surface area (Å²) in [5.41, 5.74) is 1.53. The monoisotopic (exact) mass is 621 g/mol. The quantitative estimate of drug-likeness (QED) is 0.255. The number of carbonyl (C=O) groups excluding carboxylic acids is 2. The van der Waals surface area contributed by atoms with Crippen molar-refractivity contribution < 1.29 is 22.4 Å². The smallest absolute Gasteiger partial charge is 0.264 e. The molecule has 0 heterocycles. The number of nitrogens with one attached hydrogen (secondary N) is 1. The van der Waals surface area contributed by atoms with E-state index in [9.17, 15) is 22.4 Å². The molecule has 2 atom stereocenters. The van der Waals surface area contributed by atoms with Crippen LogP contribution in [0.4, 0.5) is 10.1 Å². The SMILES string of the molecule is CC[C@@H](C)NC(=O)[C@H](CC)N(Cc1ccc(F)cc1)C(=O)CN(c1cc(Cl)cc(Cl)c1)S(=O)(=O)c1ccc(C)cc1. The Morgan fingerprint density at radius 1 is 0.927 bits per heavy atom. The van der Waals surface area contributed by atoms with E-state index >= 15 is 0 Å². The molecule has 0 aliphatic rings. The van der Waals surface area contributed by atoms with Crippen LogP contribution in [-0.4, -0.2) is 43.8 Å². The van der Waals surface area contributed by atoms with Crippen LogP contribution in [0.1, 0.15) is 44.7 Å². The van der Waals surface area contributed by atoms with E-state index in [4.69, 9.17) is 23.2 Å². The van der Waals surface area contributed by atoms with Gasteiger partial charge < -0.3 is 10.2 Å². The Balaban J connectivity index is 2.09. The Hall–Kier alpha value is -3.14. The number of aryl methyl sites for hydroxylation is 1. The molecule has 11 heteroatoms. The number of anilines is 1. The van der Waals surface area contributed by atoms with Crippen molar-refractivity contribution in [3.8, 4) is 0 Å². The van der Waals surface area contributed by atoms with Gasteiger partial charge in [-0.3, -0.25) is 13.9 Å². The molecule has 0 aliphatic carbocycles. The molecule has 1 N–H and O–H groups in total. The third kappa shape index (κ3) is 8.44. The van der Waals surface area contributed by atoms with E-state index in [-0.39, 0.29) is 45.5 Å². The van der Waals surface area contributed by atoms with Crippen molar-refractivity contribution >= 4 is 50.7 Å². The van der Waals surface area contributed by atoms with Gasteiger partial charge in [0.15, 0.2) is 0 Å². The Morgan fingerprint density at radius 2 is 1.51 bits per heavy atom. The van der Waals surface area contributed by atoms with Gasteiger partial charge in [0.1, 0.15) is 18.4 Å². The van der Waals surface area contributed by atoms with Crippen molar-refractivity contribution in [1.29, 1.82) is 0 Å². The van der Waals surface area contributed by atoms with E-state index in [1.54, 1.807) is 19.1 Å². The summed E-state index contributed by atoms with van der Waals surface area (Å²) in [6.07, 6.45) is 0.953. The molecule has 0 unspecified atom stereocenters. The molecule has 0 radical (unpaired) electrons. The van der Waals surface area contributed by atoms with E-state index in [2.05, 4.69) is 5.32 Å². The molecule has 3 aromatic carbocycles. The lowest BCUT2D eigenvalue weighted by Gasteiger charge is -2.33. The lowest BCUT2D eigenvalue weighted by molar-refractivity contribution is -0.140. The predicted octanol–water partition coefficient (Wildman–Crippen LogP) is 6.36. The first kappa shape index (κ1) is 32.4. The molecule has 220 valence electrons. The summed E-state index contributed by atoms with van der Waals surface area (Å²) in [5, 5.41) is 3.29. The van der Waals surface area contributed by atoms with Crippen molar-refractivity contribution in [3.63, 3.8) is 0 Å². The number of sulfonamides is 1. The van der Waals surface area contributed by atoms with Gasteiger partial charge in [-0.2, -0.15) is 0 Å². The van der Waals surface area contributed by atoms with Crippen LogP contribution in [-0.2, 0) is 26.2 Å². The van der Waals surface area contributed by atoms with Gasteiger partial charge in [-0.15, -0.1) is 0 Å². The van der Waals surface area contributed by atoms with E-state index in [1.807, 2.05) is 20.8 Å². The van der Waals surface area contributed by atoms with Gasteiger partial charge in [0, 0.05) is 22.6 Å². The van der Waals surface area contributed by atoms with Crippen LogP contribution in [0.15, 0.2) is 71.6 Å². The molecular formula is C30H34Cl2FN3O4S. The highest BCUT2D eigenvalue weighted by Crippen LogP contribution is 2.30. The van der Waals surface area contributed by atoms with Crippen molar-refractivity contribution in [2.24, 2.45) is 0 Å². The van der Waals surface area contributed by atoms with Crippen molar-refractivity contribution in [2.75, 3.05) is 10.8 Å². The fourth-order valence-corrected chi connectivity index (χ4v) is 6.11. The summed E-state index contributed by atoms with van der Waals surface area (Å²) in [5.74, 6) is -1.44. The molecule has 3 rings (SSSR count). The third-order valence-electron chi connectivity index (χ3n) is 6.68. The second kappa shape index (κ2) is 14.2. The van der Waals surface area contributed by atoms with E-state index in [1.165, 1.54) is 59.5 Å². The number of rotatable bonds is 12. The number of halogens is 3. The minimum absolute atomic E-state index is 0.0290. The fraction of sp³-hybridized carbons (Fsp3) is 0.333. The molecule has 41 heavy (non-hydrogen) atoms. The molecule has 7 nitrogen and oxygen atoms in total. The average Bonchev–Trinajstić information content (AvgIpc) is 2.92. The zero-order chi connectivity index (χ0) is 30.3. The van der Waals surface area contributed by atoms with Crippen LogP contribution in [0.25, 0.3) is 0 Å². The summed E-state index contributed by atoms with van der Waals surface area (Å²) in [7, 11) is -4.27. The minimum atomic E-state index is -4.27. The average molecular weight is 623 g/mol. The summed E-state index contributed by atoms with van der Waals surface area (Å²) < 4.78 is 42.4. The number of benzene rings is 3. The number of amides is 2. The van der Waals surface area contributed by atoms with Crippen LogP contribution < -0.4 is 9.62 Å².